The Morgan fingerprint density at radius 1 is 1.31 bits per heavy atom. The minimum atomic E-state index is -4.49. The highest BCUT2D eigenvalue weighted by Crippen LogP contribution is 2.29. The summed E-state index contributed by atoms with van der Waals surface area (Å²) in [5.74, 6) is 0.142. The van der Waals surface area contributed by atoms with Crippen LogP contribution >= 0.6 is 0 Å². The molecule has 0 aliphatic heterocycles. The summed E-state index contributed by atoms with van der Waals surface area (Å²) < 4.78 is 39.5. The van der Waals surface area contributed by atoms with Crippen LogP contribution in [0.25, 0.3) is 11.3 Å². The zero-order chi connectivity index (χ0) is 18.7. The van der Waals surface area contributed by atoms with E-state index in [0.717, 1.165) is 6.07 Å². The maximum atomic E-state index is 12.8. The first kappa shape index (κ1) is 17.2. The number of halogens is 3. The number of aryl methyl sites for hydroxylation is 1. The maximum Gasteiger partial charge on any atom is 0.435 e. The van der Waals surface area contributed by atoms with Crippen molar-refractivity contribution >= 4 is 11.3 Å². The molecule has 0 bridgehead atoms. The van der Waals surface area contributed by atoms with Crippen molar-refractivity contribution in [3.8, 4) is 11.8 Å². The first-order valence-corrected chi connectivity index (χ1v) is 7.23. The average molecular weight is 360 g/mol. The van der Waals surface area contributed by atoms with Gasteiger partial charge in [0.15, 0.2) is 5.69 Å². The fourth-order valence-electron chi connectivity index (χ4n) is 2.15. The van der Waals surface area contributed by atoms with Crippen molar-refractivity contribution in [2.45, 2.75) is 13.1 Å². The van der Waals surface area contributed by atoms with Crippen molar-refractivity contribution in [1.29, 1.82) is 5.26 Å². The number of nitriles is 1. The molecule has 3 aromatic rings. The van der Waals surface area contributed by atoms with Crippen LogP contribution in [-0.4, -0.2) is 30.4 Å². The van der Waals surface area contributed by atoms with Crippen molar-refractivity contribution in [2.24, 2.45) is 0 Å². The summed E-state index contributed by atoms with van der Waals surface area (Å²) in [6, 6.07) is 9.42. The number of benzene rings is 1. The minimum absolute atomic E-state index is 0.142. The van der Waals surface area contributed by atoms with E-state index in [1.54, 1.807) is 31.2 Å². The lowest BCUT2D eigenvalue weighted by molar-refractivity contribution is -0.141. The molecule has 2 N–H and O–H groups in total. The van der Waals surface area contributed by atoms with Crippen LogP contribution < -0.4 is 5.32 Å². The monoisotopic (exact) mass is 360 g/mol. The van der Waals surface area contributed by atoms with Crippen LogP contribution in [0.1, 0.15) is 17.2 Å². The molecule has 26 heavy (non-hydrogen) atoms. The van der Waals surface area contributed by atoms with Crippen LogP contribution in [0.3, 0.4) is 0 Å². The predicted octanol–water partition coefficient (Wildman–Crippen LogP) is 2.69. The van der Waals surface area contributed by atoms with Gasteiger partial charge in [0, 0.05) is 17.6 Å². The Morgan fingerprint density at radius 2 is 2.04 bits per heavy atom. The van der Waals surface area contributed by atoms with E-state index in [0.29, 0.717) is 17.1 Å². The van der Waals surface area contributed by atoms with Gasteiger partial charge >= 0.3 is 6.18 Å². The van der Waals surface area contributed by atoms with E-state index in [-0.39, 0.29) is 11.4 Å². The summed E-state index contributed by atoms with van der Waals surface area (Å²) in [6.45, 7) is 1.54. The number of alkyl halides is 3. The lowest BCUT2D eigenvalue weighted by Crippen LogP contribution is -2.07. The highest BCUT2D eigenvalue weighted by Gasteiger charge is 2.34. The van der Waals surface area contributed by atoms with Gasteiger partial charge in [0.25, 0.3) is 0 Å². The second-order valence-electron chi connectivity index (χ2n) is 5.18. The predicted molar refractivity (Wildman–Crippen MR) is 84.7 cm³/mol. The molecule has 1 aromatic carbocycles. The number of allylic oxidation sites excluding steroid dienone is 1. The Bertz CT molecular complexity index is 962. The summed E-state index contributed by atoms with van der Waals surface area (Å²) >= 11 is 0. The summed E-state index contributed by atoms with van der Waals surface area (Å²) in [5, 5.41) is 28.6. The van der Waals surface area contributed by atoms with Gasteiger partial charge in [0.1, 0.15) is 11.6 Å². The van der Waals surface area contributed by atoms with E-state index in [9.17, 15) is 13.2 Å². The van der Waals surface area contributed by atoms with E-state index in [4.69, 9.17) is 5.26 Å². The molecule has 0 atom stereocenters. The van der Waals surface area contributed by atoms with E-state index in [2.05, 4.69) is 31.0 Å². The van der Waals surface area contributed by atoms with Crippen molar-refractivity contribution in [1.82, 2.24) is 30.4 Å². The molecule has 8 nitrogen and oxygen atoms in total. The highest BCUT2D eigenvalue weighted by atomic mass is 19.4. The minimum Gasteiger partial charge on any atom is -0.360 e. The van der Waals surface area contributed by atoms with Gasteiger partial charge in [0.05, 0.1) is 5.69 Å². The molecule has 0 amide bonds. The lowest BCUT2D eigenvalue weighted by atomic mass is 10.2. The second-order valence-corrected chi connectivity index (χ2v) is 5.18. The topological polar surface area (TPSA) is 108 Å². The Hall–Kier alpha value is -3.68. The van der Waals surface area contributed by atoms with Crippen LogP contribution in [0.15, 0.2) is 36.5 Å². The third kappa shape index (κ3) is 3.54. The fourth-order valence-corrected chi connectivity index (χ4v) is 2.15. The zero-order valence-corrected chi connectivity index (χ0v) is 13.3. The summed E-state index contributed by atoms with van der Waals surface area (Å²) in [5.41, 5.74) is 0.679. The second kappa shape index (κ2) is 6.67. The van der Waals surface area contributed by atoms with Crippen LogP contribution in [0, 0.1) is 18.3 Å². The molecule has 0 saturated carbocycles. The Kier molecular flexibility index (Phi) is 4.40. The average Bonchev–Trinajstić information content (AvgIpc) is 3.26. The van der Waals surface area contributed by atoms with Crippen LogP contribution in [0.4, 0.5) is 18.9 Å². The molecule has 132 valence electrons. The number of rotatable bonds is 4. The number of anilines is 1. The molecular weight excluding hydrogens is 349 g/mol. The Balaban J connectivity index is 1.79. The van der Waals surface area contributed by atoms with Crippen molar-refractivity contribution in [3.63, 3.8) is 0 Å². The largest absolute Gasteiger partial charge is 0.435 e. The zero-order valence-electron chi connectivity index (χ0n) is 13.3. The molecule has 0 saturated heterocycles. The summed E-state index contributed by atoms with van der Waals surface area (Å²) in [6.07, 6.45) is -3.09. The number of nitrogens with zero attached hydrogens (tertiary/aromatic N) is 6. The smallest absolute Gasteiger partial charge is 0.360 e. The van der Waals surface area contributed by atoms with Gasteiger partial charge in [-0.05, 0) is 42.5 Å². The lowest BCUT2D eigenvalue weighted by Gasteiger charge is -2.07. The first-order valence-electron chi connectivity index (χ1n) is 7.23. The quantitative estimate of drug-likeness (QED) is 0.693. The molecule has 0 unspecified atom stereocenters. The number of aromatic amines is 1. The van der Waals surface area contributed by atoms with E-state index in [1.165, 1.54) is 10.9 Å². The third-order valence-corrected chi connectivity index (χ3v) is 3.38. The molecule has 0 radical (unpaired) electrons. The molecule has 0 fully saturated rings. The fraction of sp³-hybridized carbons (Fsp3) is 0.133. The van der Waals surface area contributed by atoms with Gasteiger partial charge in [-0.2, -0.15) is 28.7 Å². The molecule has 0 spiro atoms. The Morgan fingerprint density at radius 3 is 2.58 bits per heavy atom. The van der Waals surface area contributed by atoms with Gasteiger partial charge in [0.2, 0.25) is 5.82 Å². The number of hydrogen-bond acceptors (Lipinski definition) is 6. The molecule has 0 aliphatic rings. The molecule has 2 heterocycles. The summed E-state index contributed by atoms with van der Waals surface area (Å²) in [4.78, 5) is 0. The summed E-state index contributed by atoms with van der Waals surface area (Å²) in [7, 11) is 0. The van der Waals surface area contributed by atoms with Gasteiger partial charge in [-0.15, -0.1) is 10.2 Å². The van der Waals surface area contributed by atoms with Crippen molar-refractivity contribution in [2.75, 3.05) is 5.32 Å². The standard InChI is InChI=1S/C15H11F3N8/c1-9-6-13(15(16,17)18)23-26(9)12-4-2-11(3-5-12)20-8-10(7-19)14-21-24-25-22-14/h2-6,8,20H,1H3,(H,21,22,24,25). The van der Waals surface area contributed by atoms with Crippen LogP contribution in [-0.2, 0) is 6.18 Å². The number of tetrazole rings is 1. The Labute approximate surface area is 145 Å². The SMILES string of the molecule is Cc1cc(C(F)(F)F)nn1-c1ccc(NC=C(C#N)c2nn[nH]n2)cc1. The highest BCUT2D eigenvalue weighted by molar-refractivity contribution is 5.74. The third-order valence-electron chi connectivity index (χ3n) is 3.38. The van der Waals surface area contributed by atoms with Crippen molar-refractivity contribution < 1.29 is 13.2 Å². The van der Waals surface area contributed by atoms with Crippen LogP contribution in [0.2, 0.25) is 0 Å². The van der Waals surface area contributed by atoms with Gasteiger partial charge < -0.3 is 5.32 Å². The molecular formula is C15H11F3N8. The van der Waals surface area contributed by atoms with Gasteiger partial charge in [-0.1, -0.05) is 0 Å². The van der Waals surface area contributed by atoms with E-state index >= 15 is 0 Å². The molecule has 2 aromatic heterocycles. The number of aromatic nitrogens is 6. The van der Waals surface area contributed by atoms with E-state index in [1.807, 2.05) is 6.07 Å². The van der Waals surface area contributed by atoms with Gasteiger partial charge in [-0.3, -0.25) is 0 Å². The normalized spacial score (nSPS) is 12.0. The number of hydrogen-bond donors (Lipinski definition) is 2. The molecule has 3 rings (SSSR count). The maximum absolute atomic E-state index is 12.8. The number of H-pyrrole nitrogens is 1. The van der Waals surface area contributed by atoms with Crippen molar-refractivity contribution in [3.05, 3.63) is 53.7 Å². The first-order chi connectivity index (χ1) is 12.4. The van der Waals surface area contributed by atoms with Gasteiger partial charge in [-0.25, -0.2) is 4.68 Å². The number of nitrogens with one attached hydrogen (secondary N) is 2. The van der Waals surface area contributed by atoms with E-state index < -0.39 is 11.9 Å². The molecule has 0 aliphatic carbocycles. The molecule has 11 heteroatoms. The van der Waals surface area contributed by atoms with Crippen LogP contribution in [0.5, 0.6) is 0 Å².